The summed E-state index contributed by atoms with van der Waals surface area (Å²) in [5, 5.41) is 4.64. The molecule has 0 unspecified atom stereocenters. The molecular formula is C48H33NO. The van der Waals surface area contributed by atoms with Gasteiger partial charge in [-0.2, -0.15) is 0 Å². The minimum absolute atomic E-state index is 0.278. The maximum absolute atomic E-state index is 6.84. The van der Waals surface area contributed by atoms with Crippen LogP contribution in [0.3, 0.4) is 0 Å². The van der Waals surface area contributed by atoms with E-state index in [2.05, 4.69) is 194 Å². The first-order valence-corrected chi connectivity index (χ1v) is 17.3. The first-order valence-electron chi connectivity index (χ1n) is 17.3. The second kappa shape index (κ2) is 11.1. The van der Waals surface area contributed by atoms with Crippen LogP contribution < -0.4 is 4.90 Å². The third-order valence-electron chi connectivity index (χ3n) is 10.7. The molecule has 9 aromatic rings. The van der Waals surface area contributed by atoms with Gasteiger partial charge in [0.1, 0.15) is 5.58 Å². The first kappa shape index (κ1) is 28.6. The van der Waals surface area contributed by atoms with Crippen molar-refractivity contribution in [1.82, 2.24) is 0 Å². The highest BCUT2D eigenvalue weighted by Gasteiger charge is 2.40. The number of rotatable bonds is 5. The molecule has 236 valence electrons. The molecular weight excluding hydrogens is 607 g/mol. The van der Waals surface area contributed by atoms with Crippen LogP contribution >= 0.6 is 0 Å². The molecule has 0 spiro atoms. The Morgan fingerprint density at radius 2 is 1.10 bits per heavy atom. The van der Waals surface area contributed by atoms with Crippen molar-refractivity contribution in [2.24, 2.45) is 0 Å². The van der Waals surface area contributed by atoms with Crippen molar-refractivity contribution in [3.63, 3.8) is 0 Å². The number of furan rings is 1. The van der Waals surface area contributed by atoms with E-state index in [1.807, 2.05) is 0 Å². The molecule has 2 heteroatoms. The fraction of sp³-hybridized carbons (Fsp3) is 0.0417. The monoisotopic (exact) mass is 639 g/mol. The zero-order valence-corrected chi connectivity index (χ0v) is 27.7. The smallest absolute Gasteiger partial charge is 0.159 e. The molecule has 1 heterocycles. The minimum atomic E-state index is -0.278. The van der Waals surface area contributed by atoms with Gasteiger partial charge in [-0.25, -0.2) is 0 Å². The number of nitrogens with zero attached hydrogens (tertiary/aromatic N) is 1. The number of anilines is 3. The van der Waals surface area contributed by atoms with Crippen LogP contribution in [0.1, 0.15) is 23.6 Å². The van der Waals surface area contributed by atoms with Crippen LogP contribution in [0.4, 0.5) is 17.1 Å². The van der Waals surface area contributed by atoms with E-state index < -0.39 is 0 Å². The molecule has 0 atom stereocenters. The summed E-state index contributed by atoms with van der Waals surface area (Å²) in [5.74, 6) is 0. The average Bonchev–Trinajstić information content (AvgIpc) is 3.69. The summed E-state index contributed by atoms with van der Waals surface area (Å²) in [5.41, 5.74) is 13.6. The Bertz CT molecular complexity index is 2670. The Morgan fingerprint density at radius 3 is 1.86 bits per heavy atom. The van der Waals surface area contributed by atoms with Gasteiger partial charge in [-0.1, -0.05) is 140 Å². The van der Waals surface area contributed by atoms with E-state index in [1.165, 1.54) is 49.7 Å². The highest BCUT2D eigenvalue weighted by Crippen LogP contribution is 2.53. The highest BCUT2D eigenvalue weighted by molar-refractivity contribution is 6.11. The lowest BCUT2D eigenvalue weighted by molar-refractivity contribution is 0.667. The third kappa shape index (κ3) is 4.28. The van der Waals surface area contributed by atoms with Gasteiger partial charge in [-0.3, -0.25) is 0 Å². The third-order valence-corrected chi connectivity index (χ3v) is 10.7. The van der Waals surface area contributed by atoms with E-state index in [0.717, 1.165) is 39.0 Å². The summed E-state index contributed by atoms with van der Waals surface area (Å²) in [4.78, 5) is 2.33. The summed E-state index contributed by atoms with van der Waals surface area (Å²) in [7, 11) is 0. The van der Waals surface area contributed by atoms with Gasteiger partial charge in [0.15, 0.2) is 5.58 Å². The number of para-hydroxylation sites is 1. The summed E-state index contributed by atoms with van der Waals surface area (Å²) in [6.07, 6.45) is 0. The molecule has 0 saturated carbocycles. The molecule has 0 fully saturated rings. The van der Waals surface area contributed by atoms with Crippen molar-refractivity contribution in [3.8, 4) is 22.3 Å². The van der Waals surface area contributed by atoms with Gasteiger partial charge < -0.3 is 9.32 Å². The molecule has 0 N–H and O–H groups in total. The second-order valence-electron chi connectivity index (χ2n) is 13.5. The first-order chi connectivity index (χ1) is 24.7. The van der Waals surface area contributed by atoms with Gasteiger partial charge in [0, 0.05) is 27.6 Å². The average molecular weight is 640 g/mol. The second-order valence-corrected chi connectivity index (χ2v) is 13.5. The Balaban J connectivity index is 1.16. The van der Waals surface area contributed by atoms with E-state index in [4.69, 9.17) is 4.42 Å². The van der Waals surface area contributed by atoms with Gasteiger partial charge in [-0.15, -0.1) is 0 Å². The van der Waals surface area contributed by atoms with Crippen LogP contribution in [-0.2, 0) is 5.41 Å². The van der Waals surface area contributed by atoms with Crippen molar-refractivity contribution in [3.05, 3.63) is 199 Å². The molecule has 0 amide bonds. The molecule has 1 aliphatic rings. The van der Waals surface area contributed by atoms with E-state index >= 15 is 0 Å². The van der Waals surface area contributed by atoms with Crippen LogP contribution in [0, 0.1) is 0 Å². The van der Waals surface area contributed by atoms with E-state index in [-0.39, 0.29) is 5.41 Å². The number of fused-ring (bicyclic) bond motifs is 7. The van der Waals surface area contributed by atoms with Crippen molar-refractivity contribution in [2.45, 2.75) is 12.3 Å². The van der Waals surface area contributed by atoms with E-state index in [0.29, 0.717) is 0 Å². The molecule has 2 nitrogen and oxygen atoms in total. The van der Waals surface area contributed by atoms with Crippen LogP contribution in [0.5, 0.6) is 0 Å². The molecule has 8 aromatic carbocycles. The zero-order chi connectivity index (χ0) is 33.2. The quantitative estimate of drug-likeness (QED) is 0.186. The lowest BCUT2D eigenvalue weighted by Crippen LogP contribution is -2.22. The highest BCUT2D eigenvalue weighted by atomic mass is 16.3. The van der Waals surface area contributed by atoms with Gasteiger partial charge in [0.05, 0.1) is 5.69 Å². The molecule has 50 heavy (non-hydrogen) atoms. The standard InChI is InChI=1S/C48H33NO/c1-48(43-19-9-7-16-39(43)40-17-8-10-20-44(40)48)36-25-29-46-42(31-36)41-18-11-21-45(47(41)50-46)49(38-28-24-33-14-5-6-15-35(33)30-38)37-26-22-34(23-27-37)32-12-3-2-4-13-32/h2-31H,1H3. The lowest BCUT2D eigenvalue weighted by Gasteiger charge is -2.28. The van der Waals surface area contributed by atoms with Crippen molar-refractivity contribution in [1.29, 1.82) is 0 Å². The van der Waals surface area contributed by atoms with Gasteiger partial charge in [-0.05, 0) is 99.1 Å². The van der Waals surface area contributed by atoms with Gasteiger partial charge >= 0.3 is 0 Å². The summed E-state index contributed by atoms with van der Waals surface area (Å²) in [6.45, 7) is 2.37. The zero-order valence-electron chi connectivity index (χ0n) is 27.7. The minimum Gasteiger partial charge on any atom is -0.454 e. The molecule has 0 saturated heterocycles. The predicted octanol–water partition coefficient (Wildman–Crippen LogP) is 13.2. The van der Waals surface area contributed by atoms with Crippen LogP contribution in [0.2, 0.25) is 0 Å². The Morgan fingerprint density at radius 1 is 0.460 bits per heavy atom. The van der Waals surface area contributed by atoms with Gasteiger partial charge in [0.2, 0.25) is 0 Å². The fourth-order valence-corrected chi connectivity index (χ4v) is 8.21. The summed E-state index contributed by atoms with van der Waals surface area (Å²) >= 11 is 0. The molecule has 1 aliphatic carbocycles. The van der Waals surface area contributed by atoms with Crippen molar-refractivity contribution in [2.75, 3.05) is 4.90 Å². The number of hydrogen-bond donors (Lipinski definition) is 0. The van der Waals surface area contributed by atoms with Crippen molar-refractivity contribution >= 4 is 49.8 Å². The molecule has 1 aromatic heterocycles. The molecule has 0 bridgehead atoms. The molecule has 0 aliphatic heterocycles. The number of benzene rings is 8. The number of hydrogen-bond acceptors (Lipinski definition) is 2. The maximum Gasteiger partial charge on any atom is 0.159 e. The molecule has 10 rings (SSSR count). The Labute approximate surface area is 291 Å². The SMILES string of the molecule is CC1(c2ccc3oc4c(N(c5ccc(-c6ccccc6)cc5)c5ccc6ccccc6c5)cccc4c3c2)c2ccccc2-c2ccccc21. The normalized spacial score (nSPS) is 13.1. The van der Waals surface area contributed by atoms with Crippen LogP contribution in [0.25, 0.3) is 55.0 Å². The predicted molar refractivity (Wildman–Crippen MR) is 209 cm³/mol. The van der Waals surface area contributed by atoms with Crippen LogP contribution in [0.15, 0.2) is 186 Å². The maximum atomic E-state index is 6.84. The lowest BCUT2D eigenvalue weighted by atomic mass is 9.74. The van der Waals surface area contributed by atoms with Crippen molar-refractivity contribution < 1.29 is 4.42 Å². The fourth-order valence-electron chi connectivity index (χ4n) is 8.21. The Hall–Kier alpha value is -6.38. The summed E-state index contributed by atoms with van der Waals surface area (Å²) in [6, 6.07) is 65.6. The van der Waals surface area contributed by atoms with E-state index in [9.17, 15) is 0 Å². The Kier molecular flexibility index (Phi) is 6.34. The molecule has 0 radical (unpaired) electrons. The largest absolute Gasteiger partial charge is 0.454 e. The van der Waals surface area contributed by atoms with Gasteiger partial charge in [0.25, 0.3) is 0 Å². The van der Waals surface area contributed by atoms with E-state index in [1.54, 1.807) is 0 Å². The van der Waals surface area contributed by atoms with Crippen LogP contribution in [-0.4, -0.2) is 0 Å². The summed E-state index contributed by atoms with van der Waals surface area (Å²) < 4.78 is 6.84. The topological polar surface area (TPSA) is 16.4 Å².